The van der Waals surface area contributed by atoms with E-state index < -0.39 is 0 Å². The van der Waals surface area contributed by atoms with Crippen LogP contribution in [-0.4, -0.2) is 26.2 Å². The molecular weight excluding hydrogens is 295 g/mol. The number of benzene rings is 1. The number of ether oxygens (including phenoxy) is 1. The summed E-state index contributed by atoms with van der Waals surface area (Å²) in [6, 6.07) is 8.29. The maximum atomic E-state index is 5.63. The Morgan fingerprint density at radius 3 is 2.60 bits per heavy atom. The molecule has 0 radical (unpaired) electrons. The third-order valence-corrected chi connectivity index (χ3v) is 3.48. The molecule has 0 spiro atoms. The second-order valence-corrected chi connectivity index (χ2v) is 4.87. The monoisotopic (exact) mass is 320 g/mol. The second-order valence-electron chi connectivity index (χ2n) is 4.87. The summed E-state index contributed by atoms with van der Waals surface area (Å²) in [5.41, 5.74) is 1.26. The van der Waals surface area contributed by atoms with Gasteiger partial charge < -0.3 is 15.4 Å². The number of hydrogen-bond acceptors (Lipinski definition) is 3. The average Bonchev–Trinajstić information content (AvgIpc) is 2.42. The molecule has 1 aromatic carbocycles. The molecule has 0 aliphatic carbocycles. The van der Waals surface area contributed by atoms with Gasteiger partial charge in [-0.3, -0.25) is 0 Å². The van der Waals surface area contributed by atoms with Crippen LogP contribution >= 0.6 is 24.8 Å². The van der Waals surface area contributed by atoms with Crippen molar-refractivity contribution in [2.45, 2.75) is 26.3 Å². The predicted octanol–water partition coefficient (Wildman–Crippen LogP) is 3.02. The lowest BCUT2D eigenvalue weighted by molar-refractivity contribution is 0.331. The van der Waals surface area contributed by atoms with E-state index in [0.717, 1.165) is 31.4 Å². The lowest BCUT2D eigenvalue weighted by atomic mass is 9.98. The maximum absolute atomic E-state index is 5.63. The van der Waals surface area contributed by atoms with Crippen molar-refractivity contribution in [1.82, 2.24) is 10.6 Å². The van der Waals surface area contributed by atoms with Gasteiger partial charge in [0.05, 0.1) is 6.61 Å². The van der Waals surface area contributed by atoms with Crippen molar-refractivity contribution in [3.8, 4) is 5.75 Å². The van der Waals surface area contributed by atoms with Gasteiger partial charge in [-0.05, 0) is 51.4 Å². The van der Waals surface area contributed by atoms with Crippen LogP contribution in [0.2, 0.25) is 0 Å². The highest BCUT2D eigenvalue weighted by Crippen LogP contribution is 2.18. The predicted molar refractivity (Wildman–Crippen MR) is 89.4 cm³/mol. The molecule has 116 valence electrons. The molecule has 1 aliphatic rings. The van der Waals surface area contributed by atoms with Crippen molar-refractivity contribution in [2.75, 3.05) is 26.2 Å². The number of rotatable bonds is 6. The largest absolute Gasteiger partial charge is 0.494 e. The van der Waals surface area contributed by atoms with Crippen LogP contribution in [0.15, 0.2) is 24.3 Å². The van der Waals surface area contributed by atoms with Crippen molar-refractivity contribution >= 4 is 24.8 Å². The number of nitrogens with one attached hydrogen (secondary N) is 2. The van der Waals surface area contributed by atoms with Crippen LogP contribution in [0.4, 0.5) is 0 Å². The topological polar surface area (TPSA) is 33.3 Å². The summed E-state index contributed by atoms with van der Waals surface area (Å²) in [6.07, 6.45) is 2.58. The lowest BCUT2D eigenvalue weighted by Crippen LogP contribution is -2.33. The standard InChI is InChI=1S/C15H24N2O.2ClH/c1-2-18-15-6-4-3-5-14(15)12-17-11-13-7-9-16-10-8-13;;/h3-6,13,16-17H,2,7-12H2,1H3;2*1H. The third kappa shape index (κ3) is 6.31. The molecule has 0 amide bonds. The Morgan fingerprint density at radius 1 is 1.20 bits per heavy atom. The highest BCUT2D eigenvalue weighted by molar-refractivity contribution is 5.85. The minimum absolute atomic E-state index is 0. The third-order valence-electron chi connectivity index (χ3n) is 3.48. The van der Waals surface area contributed by atoms with Gasteiger partial charge in [0, 0.05) is 12.1 Å². The lowest BCUT2D eigenvalue weighted by Gasteiger charge is -2.23. The number of piperidine rings is 1. The van der Waals surface area contributed by atoms with Crippen molar-refractivity contribution < 1.29 is 4.74 Å². The van der Waals surface area contributed by atoms with E-state index in [9.17, 15) is 0 Å². The van der Waals surface area contributed by atoms with Gasteiger partial charge in [0.1, 0.15) is 5.75 Å². The molecule has 0 atom stereocenters. The minimum Gasteiger partial charge on any atom is -0.494 e. The first-order chi connectivity index (χ1) is 8.90. The first-order valence-corrected chi connectivity index (χ1v) is 7.02. The van der Waals surface area contributed by atoms with E-state index in [-0.39, 0.29) is 24.8 Å². The van der Waals surface area contributed by atoms with Crippen LogP contribution < -0.4 is 15.4 Å². The minimum atomic E-state index is 0. The van der Waals surface area contributed by atoms with Gasteiger partial charge >= 0.3 is 0 Å². The molecule has 2 rings (SSSR count). The highest BCUT2D eigenvalue weighted by atomic mass is 35.5. The normalized spacial score (nSPS) is 15.1. The fraction of sp³-hybridized carbons (Fsp3) is 0.600. The van der Waals surface area contributed by atoms with Crippen molar-refractivity contribution in [3.05, 3.63) is 29.8 Å². The van der Waals surface area contributed by atoms with Crippen LogP contribution in [-0.2, 0) is 6.54 Å². The second kappa shape index (κ2) is 11.2. The van der Waals surface area contributed by atoms with Crippen LogP contribution in [0.3, 0.4) is 0 Å². The molecule has 1 aliphatic heterocycles. The zero-order valence-electron chi connectivity index (χ0n) is 12.1. The fourth-order valence-electron chi connectivity index (χ4n) is 2.44. The van der Waals surface area contributed by atoms with Crippen molar-refractivity contribution in [1.29, 1.82) is 0 Å². The van der Waals surface area contributed by atoms with E-state index in [2.05, 4.69) is 22.8 Å². The van der Waals surface area contributed by atoms with E-state index in [1.807, 2.05) is 19.1 Å². The Hall–Kier alpha value is -0.480. The van der Waals surface area contributed by atoms with Crippen LogP contribution in [0.5, 0.6) is 5.75 Å². The van der Waals surface area contributed by atoms with Gasteiger partial charge in [0.25, 0.3) is 0 Å². The average molecular weight is 321 g/mol. The van der Waals surface area contributed by atoms with Gasteiger partial charge in [-0.1, -0.05) is 18.2 Å². The number of para-hydroxylation sites is 1. The van der Waals surface area contributed by atoms with E-state index in [0.29, 0.717) is 0 Å². The van der Waals surface area contributed by atoms with Crippen LogP contribution in [0.1, 0.15) is 25.3 Å². The SMILES string of the molecule is CCOc1ccccc1CNCC1CCNCC1.Cl.Cl. The molecule has 1 heterocycles. The van der Waals surface area contributed by atoms with Gasteiger partial charge in [0.15, 0.2) is 0 Å². The van der Waals surface area contributed by atoms with E-state index >= 15 is 0 Å². The summed E-state index contributed by atoms with van der Waals surface area (Å²) >= 11 is 0. The molecule has 2 N–H and O–H groups in total. The molecular formula is C15H26Cl2N2O. The maximum Gasteiger partial charge on any atom is 0.123 e. The smallest absolute Gasteiger partial charge is 0.123 e. The number of halogens is 2. The van der Waals surface area contributed by atoms with E-state index in [1.54, 1.807) is 0 Å². The Kier molecular flexibility index (Phi) is 10.9. The molecule has 0 saturated carbocycles. The molecule has 5 heteroatoms. The molecule has 3 nitrogen and oxygen atoms in total. The Balaban J connectivity index is 0.00000180. The summed E-state index contributed by atoms with van der Waals surface area (Å²) in [5.74, 6) is 1.84. The summed E-state index contributed by atoms with van der Waals surface area (Å²) in [5, 5.41) is 6.96. The molecule has 1 aromatic rings. The fourth-order valence-corrected chi connectivity index (χ4v) is 2.44. The van der Waals surface area contributed by atoms with Crippen LogP contribution in [0, 0.1) is 5.92 Å². The zero-order valence-corrected chi connectivity index (χ0v) is 13.7. The Bertz CT molecular complexity index is 357. The summed E-state index contributed by atoms with van der Waals surface area (Å²) in [4.78, 5) is 0. The molecule has 0 aromatic heterocycles. The first-order valence-electron chi connectivity index (χ1n) is 7.02. The highest BCUT2D eigenvalue weighted by Gasteiger charge is 2.12. The summed E-state index contributed by atoms with van der Waals surface area (Å²) in [6.45, 7) is 7.11. The van der Waals surface area contributed by atoms with Crippen molar-refractivity contribution in [2.24, 2.45) is 5.92 Å². The summed E-state index contributed by atoms with van der Waals surface area (Å²) < 4.78 is 5.63. The zero-order chi connectivity index (χ0) is 12.6. The van der Waals surface area contributed by atoms with E-state index in [4.69, 9.17) is 4.74 Å². The van der Waals surface area contributed by atoms with Gasteiger partial charge in [-0.15, -0.1) is 24.8 Å². The molecule has 0 bridgehead atoms. The van der Waals surface area contributed by atoms with Gasteiger partial charge in [0.2, 0.25) is 0 Å². The molecule has 20 heavy (non-hydrogen) atoms. The first kappa shape index (κ1) is 19.5. The number of hydrogen-bond donors (Lipinski definition) is 2. The molecule has 1 saturated heterocycles. The Labute approximate surface area is 134 Å². The van der Waals surface area contributed by atoms with Crippen LogP contribution in [0.25, 0.3) is 0 Å². The molecule has 1 fully saturated rings. The van der Waals surface area contributed by atoms with Crippen molar-refractivity contribution in [3.63, 3.8) is 0 Å². The van der Waals surface area contributed by atoms with Gasteiger partial charge in [-0.25, -0.2) is 0 Å². The Morgan fingerprint density at radius 2 is 1.90 bits per heavy atom. The quantitative estimate of drug-likeness (QED) is 0.845. The summed E-state index contributed by atoms with van der Waals surface area (Å²) in [7, 11) is 0. The molecule has 0 unspecified atom stereocenters. The van der Waals surface area contributed by atoms with Gasteiger partial charge in [-0.2, -0.15) is 0 Å². The van der Waals surface area contributed by atoms with E-state index in [1.165, 1.54) is 31.5 Å².